The van der Waals surface area contributed by atoms with Crippen molar-refractivity contribution in [2.45, 2.75) is 26.7 Å². The van der Waals surface area contributed by atoms with Crippen molar-refractivity contribution in [3.63, 3.8) is 0 Å². The number of imidazole rings is 1. The minimum absolute atomic E-state index is 0.930. The number of hydrogen-bond donors (Lipinski definition) is 1. The van der Waals surface area contributed by atoms with Gasteiger partial charge in [0.2, 0.25) is 0 Å². The van der Waals surface area contributed by atoms with Crippen molar-refractivity contribution < 1.29 is 0 Å². The second kappa shape index (κ2) is 4.30. The van der Waals surface area contributed by atoms with Gasteiger partial charge in [0.1, 0.15) is 0 Å². The summed E-state index contributed by atoms with van der Waals surface area (Å²) < 4.78 is 0. The summed E-state index contributed by atoms with van der Waals surface area (Å²) in [4.78, 5) is 7.27. The van der Waals surface area contributed by atoms with E-state index in [1.807, 2.05) is 6.20 Å². The second-order valence-corrected chi connectivity index (χ2v) is 3.80. The molecule has 15 heavy (non-hydrogen) atoms. The summed E-state index contributed by atoms with van der Waals surface area (Å²) >= 11 is 0. The minimum Gasteiger partial charge on any atom is -0.351 e. The number of hydrogen-bond acceptors (Lipinski definition) is 1. The first kappa shape index (κ1) is 9.97. The Hall–Kier alpha value is -1.57. The summed E-state index contributed by atoms with van der Waals surface area (Å²) in [5, 5.41) is 0. The number of rotatable bonds is 3. The van der Waals surface area contributed by atoms with Gasteiger partial charge in [0.05, 0.1) is 12.0 Å². The molecule has 0 saturated heterocycles. The van der Waals surface area contributed by atoms with Crippen LogP contribution in [0.4, 0.5) is 0 Å². The molecule has 1 aromatic carbocycles. The Balaban J connectivity index is 2.34. The zero-order valence-corrected chi connectivity index (χ0v) is 9.25. The summed E-state index contributed by atoms with van der Waals surface area (Å²) in [6.45, 7) is 4.37. The number of aromatic amines is 1. The number of H-pyrrole nitrogens is 1. The quantitative estimate of drug-likeness (QED) is 0.810. The van der Waals surface area contributed by atoms with Crippen LogP contribution in [0, 0.1) is 6.92 Å². The Morgan fingerprint density at radius 1 is 1.33 bits per heavy atom. The Kier molecular flexibility index (Phi) is 2.86. The van der Waals surface area contributed by atoms with Gasteiger partial charge >= 0.3 is 0 Å². The van der Waals surface area contributed by atoms with Crippen LogP contribution in [0.1, 0.15) is 29.3 Å². The first-order chi connectivity index (χ1) is 7.31. The molecular formula is C13H16N2. The van der Waals surface area contributed by atoms with Crippen LogP contribution >= 0.6 is 0 Å². The lowest BCUT2D eigenvalue weighted by molar-refractivity contribution is 1.02. The molecule has 1 N–H and O–H groups in total. The summed E-state index contributed by atoms with van der Waals surface area (Å²) in [6.07, 6.45) is 5.71. The van der Waals surface area contributed by atoms with Crippen molar-refractivity contribution in [1.82, 2.24) is 9.97 Å². The summed E-state index contributed by atoms with van der Waals surface area (Å²) in [6, 6.07) is 6.50. The van der Waals surface area contributed by atoms with E-state index in [0.717, 1.165) is 18.5 Å². The topological polar surface area (TPSA) is 28.7 Å². The fourth-order valence-electron chi connectivity index (χ4n) is 1.92. The van der Waals surface area contributed by atoms with E-state index in [1.165, 1.54) is 16.7 Å². The van der Waals surface area contributed by atoms with Crippen LogP contribution in [0.25, 0.3) is 0 Å². The van der Waals surface area contributed by atoms with Gasteiger partial charge in [0, 0.05) is 12.6 Å². The number of aromatic nitrogens is 2. The third-order valence-corrected chi connectivity index (χ3v) is 2.80. The molecule has 0 fully saturated rings. The van der Waals surface area contributed by atoms with E-state index in [1.54, 1.807) is 6.33 Å². The molecule has 2 rings (SSSR count). The molecule has 0 unspecified atom stereocenters. The lowest BCUT2D eigenvalue weighted by atomic mass is 9.96. The Morgan fingerprint density at radius 3 is 2.87 bits per heavy atom. The average Bonchev–Trinajstić information content (AvgIpc) is 2.74. The van der Waals surface area contributed by atoms with Crippen LogP contribution in [0.2, 0.25) is 0 Å². The summed E-state index contributed by atoms with van der Waals surface area (Å²) in [5.41, 5.74) is 5.32. The normalized spacial score (nSPS) is 10.5. The van der Waals surface area contributed by atoms with Crippen molar-refractivity contribution >= 4 is 0 Å². The molecule has 0 amide bonds. The van der Waals surface area contributed by atoms with E-state index in [-0.39, 0.29) is 0 Å². The van der Waals surface area contributed by atoms with E-state index < -0.39 is 0 Å². The van der Waals surface area contributed by atoms with E-state index >= 15 is 0 Å². The smallest absolute Gasteiger partial charge is 0.0923 e. The number of nitrogens with zero attached hydrogens (tertiary/aromatic N) is 1. The molecule has 0 bridgehead atoms. The molecule has 0 aliphatic carbocycles. The van der Waals surface area contributed by atoms with Crippen LogP contribution in [0.5, 0.6) is 0 Å². The highest BCUT2D eigenvalue weighted by Crippen LogP contribution is 2.17. The zero-order valence-electron chi connectivity index (χ0n) is 9.25. The van der Waals surface area contributed by atoms with Gasteiger partial charge in [0.15, 0.2) is 0 Å². The second-order valence-electron chi connectivity index (χ2n) is 3.80. The molecule has 78 valence electrons. The lowest BCUT2D eigenvalue weighted by Gasteiger charge is -2.09. The van der Waals surface area contributed by atoms with E-state index in [9.17, 15) is 0 Å². The number of benzene rings is 1. The summed E-state index contributed by atoms with van der Waals surface area (Å²) in [5.74, 6) is 0. The van der Waals surface area contributed by atoms with Crippen LogP contribution in [0.15, 0.2) is 30.7 Å². The molecule has 0 atom stereocenters. The van der Waals surface area contributed by atoms with Gasteiger partial charge in [-0.2, -0.15) is 0 Å². The minimum atomic E-state index is 0.930. The summed E-state index contributed by atoms with van der Waals surface area (Å²) in [7, 11) is 0. The van der Waals surface area contributed by atoms with Crippen molar-refractivity contribution in [2.24, 2.45) is 0 Å². The molecule has 0 aliphatic rings. The van der Waals surface area contributed by atoms with E-state index in [2.05, 4.69) is 42.0 Å². The first-order valence-electron chi connectivity index (χ1n) is 5.36. The largest absolute Gasteiger partial charge is 0.351 e. The van der Waals surface area contributed by atoms with Gasteiger partial charge in [-0.25, -0.2) is 4.98 Å². The van der Waals surface area contributed by atoms with Crippen molar-refractivity contribution in [1.29, 1.82) is 0 Å². The highest BCUT2D eigenvalue weighted by atomic mass is 14.9. The van der Waals surface area contributed by atoms with Gasteiger partial charge in [-0.3, -0.25) is 0 Å². The third kappa shape index (κ3) is 2.09. The fourth-order valence-corrected chi connectivity index (χ4v) is 1.92. The fraction of sp³-hybridized carbons (Fsp3) is 0.308. The monoisotopic (exact) mass is 200 g/mol. The molecule has 0 radical (unpaired) electrons. The number of aryl methyl sites for hydroxylation is 2. The maximum absolute atomic E-state index is 4.27. The average molecular weight is 200 g/mol. The van der Waals surface area contributed by atoms with Crippen LogP contribution in [-0.4, -0.2) is 9.97 Å². The van der Waals surface area contributed by atoms with Gasteiger partial charge < -0.3 is 4.98 Å². The molecular weight excluding hydrogens is 184 g/mol. The molecule has 1 heterocycles. The standard InChI is InChI=1S/C13H16N2/c1-3-11-6-4-5-10(2)13(11)7-12-8-14-9-15-12/h4-6,8-9H,3,7H2,1-2H3,(H,14,15). The molecule has 2 nitrogen and oxygen atoms in total. The molecule has 2 heteroatoms. The third-order valence-electron chi connectivity index (χ3n) is 2.80. The Labute approximate surface area is 90.4 Å². The molecule has 0 spiro atoms. The molecule has 1 aromatic heterocycles. The molecule has 0 saturated carbocycles. The highest BCUT2D eigenvalue weighted by molar-refractivity contribution is 5.36. The van der Waals surface area contributed by atoms with Gasteiger partial charge in [-0.05, 0) is 30.0 Å². The van der Waals surface area contributed by atoms with Crippen molar-refractivity contribution in [2.75, 3.05) is 0 Å². The predicted octanol–water partition coefficient (Wildman–Crippen LogP) is 2.87. The maximum Gasteiger partial charge on any atom is 0.0923 e. The Bertz CT molecular complexity index is 430. The van der Waals surface area contributed by atoms with Gasteiger partial charge in [0.25, 0.3) is 0 Å². The first-order valence-corrected chi connectivity index (χ1v) is 5.36. The van der Waals surface area contributed by atoms with Crippen LogP contribution in [0.3, 0.4) is 0 Å². The van der Waals surface area contributed by atoms with Gasteiger partial charge in [-0.15, -0.1) is 0 Å². The van der Waals surface area contributed by atoms with Crippen molar-refractivity contribution in [3.05, 3.63) is 53.1 Å². The van der Waals surface area contributed by atoms with Gasteiger partial charge in [-0.1, -0.05) is 25.1 Å². The molecule has 0 aliphatic heterocycles. The van der Waals surface area contributed by atoms with Crippen LogP contribution < -0.4 is 0 Å². The lowest BCUT2D eigenvalue weighted by Crippen LogP contribution is -1.97. The van der Waals surface area contributed by atoms with E-state index in [4.69, 9.17) is 0 Å². The predicted molar refractivity (Wildman–Crippen MR) is 62.0 cm³/mol. The molecule has 2 aromatic rings. The SMILES string of the molecule is CCc1cccc(C)c1Cc1c[nH]cn1. The van der Waals surface area contributed by atoms with Crippen LogP contribution in [-0.2, 0) is 12.8 Å². The number of nitrogens with one attached hydrogen (secondary N) is 1. The zero-order chi connectivity index (χ0) is 10.7. The Morgan fingerprint density at radius 2 is 2.20 bits per heavy atom. The van der Waals surface area contributed by atoms with Crippen molar-refractivity contribution in [3.8, 4) is 0 Å². The maximum atomic E-state index is 4.27. The van der Waals surface area contributed by atoms with E-state index in [0.29, 0.717) is 0 Å². The highest BCUT2D eigenvalue weighted by Gasteiger charge is 2.05.